The molecule has 0 bridgehead atoms. The van der Waals surface area contributed by atoms with Gasteiger partial charge in [-0.2, -0.15) is 0 Å². The van der Waals surface area contributed by atoms with Crippen LogP contribution in [-0.2, 0) is 0 Å². The van der Waals surface area contributed by atoms with Crippen LogP contribution in [0.4, 0.5) is 4.79 Å². The maximum Gasteiger partial charge on any atom is 0.318 e. The number of nitrogens with one attached hydrogen (secondary N) is 2. The van der Waals surface area contributed by atoms with E-state index in [-0.39, 0.29) is 12.1 Å². The van der Waals surface area contributed by atoms with E-state index in [1.807, 2.05) is 48.5 Å². The average Bonchev–Trinajstić information content (AvgIpc) is 2.67. The molecule has 2 N–H and O–H groups in total. The van der Waals surface area contributed by atoms with Crippen LogP contribution in [0.1, 0.15) is 5.56 Å². The van der Waals surface area contributed by atoms with Crippen LogP contribution in [0.2, 0.25) is 0 Å². The number of fused-ring (bicyclic) bond motifs is 1. The SMILES string of the molecule is COc1ccc(/C=C/NC(=O)NCC2COc3ccccc3O2)cc1. The number of hydrogen-bond acceptors (Lipinski definition) is 4. The van der Waals surface area contributed by atoms with Crippen LogP contribution in [0.3, 0.4) is 0 Å². The Morgan fingerprint density at radius 2 is 1.96 bits per heavy atom. The van der Waals surface area contributed by atoms with Gasteiger partial charge in [-0.1, -0.05) is 24.3 Å². The molecule has 0 fully saturated rings. The Hall–Kier alpha value is -3.15. The summed E-state index contributed by atoms with van der Waals surface area (Å²) in [6.45, 7) is 0.759. The number of hydrogen-bond donors (Lipinski definition) is 2. The quantitative estimate of drug-likeness (QED) is 0.878. The molecule has 0 saturated carbocycles. The zero-order valence-electron chi connectivity index (χ0n) is 13.9. The van der Waals surface area contributed by atoms with Crippen molar-refractivity contribution in [2.75, 3.05) is 20.3 Å². The highest BCUT2D eigenvalue weighted by molar-refractivity contribution is 5.75. The maximum absolute atomic E-state index is 11.8. The molecule has 1 atom stereocenters. The Kier molecular flexibility index (Phi) is 5.41. The zero-order valence-corrected chi connectivity index (χ0v) is 13.9. The second-order valence-electron chi connectivity index (χ2n) is 5.46. The molecule has 130 valence electrons. The van der Waals surface area contributed by atoms with Crippen LogP contribution < -0.4 is 24.8 Å². The summed E-state index contributed by atoms with van der Waals surface area (Å²) >= 11 is 0. The Balaban J connectivity index is 1.41. The molecule has 0 aliphatic carbocycles. The minimum atomic E-state index is -0.299. The lowest BCUT2D eigenvalue weighted by atomic mass is 10.2. The minimum Gasteiger partial charge on any atom is -0.497 e. The lowest BCUT2D eigenvalue weighted by molar-refractivity contribution is 0.0919. The third kappa shape index (κ3) is 4.67. The van der Waals surface area contributed by atoms with E-state index in [1.54, 1.807) is 19.4 Å². The monoisotopic (exact) mass is 340 g/mol. The second-order valence-corrected chi connectivity index (χ2v) is 5.46. The molecule has 6 heteroatoms. The van der Waals surface area contributed by atoms with E-state index in [2.05, 4.69) is 10.6 Å². The molecule has 3 rings (SSSR count). The van der Waals surface area contributed by atoms with Crippen molar-refractivity contribution in [3.05, 3.63) is 60.3 Å². The minimum absolute atomic E-state index is 0.216. The second kappa shape index (κ2) is 8.10. The van der Waals surface area contributed by atoms with Crippen LogP contribution in [-0.4, -0.2) is 32.4 Å². The van der Waals surface area contributed by atoms with E-state index in [0.29, 0.717) is 18.9 Å². The van der Waals surface area contributed by atoms with E-state index < -0.39 is 0 Å². The number of rotatable bonds is 5. The number of benzene rings is 2. The van der Waals surface area contributed by atoms with Crippen molar-refractivity contribution in [1.82, 2.24) is 10.6 Å². The molecule has 0 spiro atoms. The van der Waals surface area contributed by atoms with Crippen molar-refractivity contribution >= 4 is 12.1 Å². The van der Waals surface area contributed by atoms with Crippen molar-refractivity contribution in [2.45, 2.75) is 6.10 Å². The van der Waals surface area contributed by atoms with Gasteiger partial charge in [-0.05, 0) is 35.9 Å². The molecular weight excluding hydrogens is 320 g/mol. The van der Waals surface area contributed by atoms with E-state index in [1.165, 1.54) is 0 Å². The number of carbonyl (C=O) groups excluding carboxylic acids is 1. The Labute approximate surface area is 146 Å². The smallest absolute Gasteiger partial charge is 0.318 e. The summed E-state index contributed by atoms with van der Waals surface area (Å²) in [6.07, 6.45) is 3.17. The Morgan fingerprint density at radius 1 is 1.20 bits per heavy atom. The fourth-order valence-electron chi connectivity index (χ4n) is 2.35. The van der Waals surface area contributed by atoms with Crippen LogP contribution in [0.15, 0.2) is 54.7 Å². The topological polar surface area (TPSA) is 68.8 Å². The molecule has 2 amide bonds. The van der Waals surface area contributed by atoms with E-state index in [9.17, 15) is 4.79 Å². The largest absolute Gasteiger partial charge is 0.497 e. The predicted molar refractivity (Wildman–Crippen MR) is 94.9 cm³/mol. The summed E-state index contributed by atoms with van der Waals surface area (Å²) in [6, 6.07) is 14.7. The van der Waals surface area contributed by atoms with Crippen molar-refractivity contribution in [2.24, 2.45) is 0 Å². The average molecular weight is 340 g/mol. The summed E-state index contributed by atoms with van der Waals surface area (Å²) in [5, 5.41) is 5.42. The van der Waals surface area contributed by atoms with Gasteiger partial charge in [-0.25, -0.2) is 4.79 Å². The van der Waals surface area contributed by atoms with Crippen LogP contribution >= 0.6 is 0 Å². The van der Waals surface area contributed by atoms with Gasteiger partial charge < -0.3 is 24.8 Å². The van der Waals surface area contributed by atoms with Gasteiger partial charge >= 0.3 is 6.03 Å². The van der Waals surface area contributed by atoms with Crippen LogP contribution in [0, 0.1) is 0 Å². The number of methoxy groups -OCH3 is 1. The number of urea groups is 1. The Bertz CT molecular complexity index is 743. The van der Waals surface area contributed by atoms with Crippen molar-refractivity contribution in [3.8, 4) is 17.2 Å². The molecule has 0 radical (unpaired) electrons. The summed E-state index contributed by atoms with van der Waals surface area (Å²) < 4.78 is 16.5. The van der Waals surface area contributed by atoms with Crippen molar-refractivity contribution in [1.29, 1.82) is 0 Å². The molecule has 2 aromatic carbocycles. The molecule has 0 saturated heterocycles. The third-order valence-corrected chi connectivity index (χ3v) is 3.66. The predicted octanol–water partition coefficient (Wildman–Crippen LogP) is 2.81. The van der Waals surface area contributed by atoms with E-state index >= 15 is 0 Å². The standard InChI is InChI=1S/C19H20N2O4/c1-23-15-8-6-14(7-9-15)10-11-20-19(22)21-12-16-13-24-17-4-2-3-5-18(17)25-16/h2-11,16H,12-13H2,1H3,(H2,20,21,22)/b11-10+. The molecule has 25 heavy (non-hydrogen) atoms. The van der Waals surface area contributed by atoms with E-state index in [4.69, 9.17) is 14.2 Å². The summed E-state index contributed by atoms with van der Waals surface area (Å²) in [5.74, 6) is 2.21. The number of carbonyl (C=O) groups is 1. The summed E-state index contributed by atoms with van der Waals surface area (Å²) in [7, 11) is 1.62. The van der Waals surface area contributed by atoms with Gasteiger partial charge in [-0.15, -0.1) is 0 Å². The molecular formula is C19H20N2O4. The molecule has 1 aliphatic heterocycles. The fourth-order valence-corrected chi connectivity index (χ4v) is 2.35. The number of para-hydroxylation sites is 2. The molecule has 2 aromatic rings. The molecule has 1 unspecified atom stereocenters. The summed E-state index contributed by atoms with van der Waals surface area (Å²) in [5.41, 5.74) is 0.960. The summed E-state index contributed by atoms with van der Waals surface area (Å²) in [4.78, 5) is 11.8. The number of ether oxygens (including phenoxy) is 3. The van der Waals surface area contributed by atoms with Gasteiger partial charge in [0.05, 0.1) is 13.7 Å². The Morgan fingerprint density at radius 3 is 2.72 bits per heavy atom. The van der Waals surface area contributed by atoms with Gasteiger partial charge in [0.2, 0.25) is 0 Å². The molecule has 0 aromatic heterocycles. The fraction of sp³-hybridized carbons (Fsp3) is 0.211. The zero-order chi connectivity index (χ0) is 17.5. The van der Waals surface area contributed by atoms with Gasteiger partial charge in [0.25, 0.3) is 0 Å². The first-order valence-corrected chi connectivity index (χ1v) is 7.98. The van der Waals surface area contributed by atoms with Gasteiger partial charge in [0.1, 0.15) is 12.4 Å². The normalized spacial score (nSPS) is 15.6. The van der Waals surface area contributed by atoms with Crippen LogP contribution in [0.25, 0.3) is 6.08 Å². The highest BCUT2D eigenvalue weighted by Gasteiger charge is 2.20. The lowest BCUT2D eigenvalue weighted by Gasteiger charge is -2.26. The first kappa shape index (κ1) is 16.7. The van der Waals surface area contributed by atoms with Crippen molar-refractivity contribution < 1.29 is 19.0 Å². The van der Waals surface area contributed by atoms with Gasteiger partial charge in [0.15, 0.2) is 17.6 Å². The highest BCUT2D eigenvalue weighted by Crippen LogP contribution is 2.30. The third-order valence-electron chi connectivity index (χ3n) is 3.66. The number of amides is 2. The van der Waals surface area contributed by atoms with Gasteiger partial charge in [-0.3, -0.25) is 0 Å². The highest BCUT2D eigenvalue weighted by atomic mass is 16.6. The maximum atomic E-state index is 11.8. The first-order valence-electron chi connectivity index (χ1n) is 7.98. The molecule has 1 aliphatic rings. The first-order chi connectivity index (χ1) is 12.2. The lowest BCUT2D eigenvalue weighted by Crippen LogP contribution is -2.43. The molecule has 6 nitrogen and oxygen atoms in total. The van der Waals surface area contributed by atoms with Crippen molar-refractivity contribution in [3.63, 3.8) is 0 Å². The van der Waals surface area contributed by atoms with Crippen LogP contribution in [0.5, 0.6) is 17.2 Å². The molecule has 1 heterocycles. The van der Waals surface area contributed by atoms with Gasteiger partial charge in [0, 0.05) is 6.20 Å². The van der Waals surface area contributed by atoms with E-state index in [0.717, 1.165) is 17.1 Å².